The van der Waals surface area contributed by atoms with Crippen LogP contribution in [0.15, 0.2) is 60.8 Å². The molecule has 0 aliphatic carbocycles. The van der Waals surface area contributed by atoms with E-state index in [1.165, 1.54) is 25.0 Å². The Labute approximate surface area is 196 Å². The number of rotatable bonds is 4. The van der Waals surface area contributed by atoms with E-state index in [1.54, 1.807) is 30.5 Å². The van der Waals surface area contributed by atoms with Crippen LogP contribution in [0.5, 0.6) is 5.75 Å². The first-order valence-electron chi connectivity index (χ1n) is 11.3. The third-order valence-corrected chi connectivity index (χ3v) is 5.87. The van der Waals surface area contributed by atoms with Crippen LogP contribution in [0.25, 0.3) is 11.1 Å². The van der Waals surface area contributed by atoms with Crippen molar-refractivity contribution >= 4 is 17.6 Å². The van der Waals surface area contributed by atoms with Crippen LogP contribution in [0.4, 0.5) is 29.5 Å². The molecule has 1 fully saturated rings. The van der Waals surface area contributed by atoms with Gasteiger partial charge in [0, 0.05) is 13.1 Å². The van der Waals surface area contributed by atoms with Gasteiger partial charge in [-0.05, 0) is 72.9 Å². The van der Waals surface area contributed by atoms with Gasteiger partial charge in [0.15, 0.2) is 0 Å². The second-order valence-corrected chi connectivity index (χ2v) is 8.37. The fraction of sp³-hybridized carbons (Fsp3) is 0.308. The van der Waals surface area contributed by atoms with Gasteiger partial charge in [-0.25, -0.2) is 9.78 Å². The molecule has 0 radical (unpaired) electrons. The van der Waals surface area contributed by atoms with Gasteiger partial charge in [-0.1, -0.05) is 31.0 Å². The molecule has 34 heavy (non-hydrogen) atoms. The Balaban J connectivity index is 1.41. The molecular weight excluding hydrogens is 443 g/mol. The zero-order chi connectivity index (χ0) is 24.1. The summed E-state index contributed by atoms with van der Waals surface area (Å²) in [6.07, 6.45) is 1.31. The molecule has 2 aromatic carbocycles. The largest absolute Gasteiger partial charge is 0.417 e. The highest BCUT2D eigenvalue weighted by Gasteiger charge is 2.30. The topological polar surface area (TPSA) is 54.5 Å². The molecule has 4 rings (SSSR count). The van der Waals surface area contributed by atoms with Crippen LogP contribution in [0.3, 0.4) is 0 Å². The molecule has 5 nitrogen and oxygen atoms in total. The van der Waals surface area contributed by atoms with Gasteiger partial charge in [-0.2, -0.15) is 13.2 Å². The minimum Gasteiger partial charge on any atom is -0.410 e. The average Bonchev–Trinajstić information content (AvgIpc) is 3.10. The van der Waals surface area contributed by atoms with Gasteiger partial charge in [-0.3, -0.25) is 5.32 Å². The lowest BCUT2D eigenvalue weighted by atomic mass is 9.99. The van der Waals surface area contributed by atoms with Gasteiger partial charge in [0.2, 0.25) is 0 Å². The summed E-state index contributed by atoms with van der Waals surface area (Å²) in [5.74, 6) is 1.17. The number of hydrogen-bond donors (Lipinski definition) is 1. The minimum absolute atomic E-state index is 0.284. The van der Waals surface area contributed by atoms with E-state index in [0.29, 0.717) is 16.8 Å². The Morgan fingerprint density at radius 2 is 1.68 bits per heavy atom. The van der Waals surface area contributed by atoms with Crippen molar-refractivity contribution in [3.8, 4) is 16.9 Å². The first-order valence-corrected chi connectivity index (χ1v) is 11.3. The van der Waals surface area contributed by atoms with Gasteiger partial charge in [-0.15, -0.1) is 0 Å². The van der Waals surface area contributed by atoms with E-state index < -0.39 is 17.8 Å². The summed E-state index contributed by atoms with van der Waals surface area (Å²) in [4.78, 5) is 19.1. The smallest absolute Gasteiger partial charge is 0.410 e. The van der Waals surface area contributed by atoms with E-state index in [9.17, 15) is 18.0 Å². The number of alkyl halides is 3. The number of hydrogen-bond acceptors (Lipinski definition) is 4. The summed E-state index contributed by atoms with van der Waals surface area (Å²) >= 11 is 0. The molecule has 0 spiro atoms. The van der Waals surface area contributed by atoms with Crippen LogP contribution >= 0.6 is 0 Å². The van der Waals surface area contributed by atoms with Gasteiger partial charge >= 0.3 is 12.3 Å². The highest BCUT2D eigenvalue weighted by Crippen LogP contribution is 2.33. The molecule has 0 saturated carbocycles. The molecule has 178 valence electrons. The van der Waals surface area contributed by atoms with Crippen LogP contribution in [-0.2, 0) is 6.18 Å². The van der Waals surface area contributed by atoms with Crippen molar-refractivity contribution in [1.29, 1.82) is 0 Å². The number of nitrogens with one attached hydrogen (secondary N) is 1. The number of halogens is 3. The number of benzene rings is 2. The Kier molecular flexibility index (Phi) is 7.05. The lowest BCUT2D eigenvalue weighted by molar-refractivity contribution is -0.137. The Morgan fingerprint density at radius 1 is 0.971 bits per heavy atom. The third kappa shape index (κ3) is 5.87. The van der Waals surface area contributed by atoms with Crippen LogP contribution in [0.2, 0.25) is 0 Å². The normalized spacial score (nSPS) is 14.4. The van der Waals surface area contributed by atoms with E-state index in [4.69, 9.17) is 4.74 Å². The number of pyridine rings is 1. The van der Waals surface area contributed by atoms with Crippen molar-refractivity contribution in [2.24, 2.45) is 0 Å². The number of anilines is 2. The zero-order valence-electron chi connectivity index (χ0n) is 18.9. The van der Waals surface area contributed by atoms with Gasteiger partial charge in [0.25, 0.3) is 0 Å². The fourth-order valence-electron chi connectivity index (χ4n) is 4.01. The maximum atomic E-state index is 12.8. The summed E-state index contributed by atoms with van der Waals surface area (Å²) in [6, 6.07) is 13.6. The Morgan fingerprint density at radius 3 is 2.29 bits per heavy atom. The number of amides is 1. The van der Waals surface area contributed by atoms with Crippen LogP contribution in [0, 0.1) is 6.92 Å². The van der Waals surface area contributed by atoms with Gasteiger partial charge in [0.1, 0.15) is 11.6 Å². The van der Waals surface area contributed by atoms with Crippen molar-refractivity contribution in [3.05, 3.63) is 71.9 Å². The molecule has 0 atom stereocenters. The van der Waals surface area contributed by atoms with Gasteiger partial charge < -0.3 is 9.64 Å². The number of aryl methyl sites for hydroxylation is 1. The SMILES string of the molecule is Cc1ccc(OC(=O)Nc2ccc(N3CCCCCC3)nc2)cc1-c1ccc(C(F)(F)F)cc1. The molecule has 1 N–H and O–H groups in total. The van der Waals surface area contributed by atoms with Crippen molar-refractivity contribution in [2.45, 2.75) is 38.8 Å². The van der Waals surface area contributed by atoms with E-state index in [0.717, 1.165) is 49.4 Å². The van der Waals surface area contributed by atoms with Crippen LogP contribution in [-0.4, -0.2) is 24.2 Å². The number of carbonyl (C=O) groups excluding carboxylic acids is 1. The lowest BCUT2D eigenvalue weighted by Crippen LogP contribution is -2.25. The van der Waals surface area contributed by atoms with Crippen LogP contribution in [0.1, 0.15) is 36.8 Å². The highest BCUT2D eigenvalue weighted by atomic mass is 19.4. The molecule has 1 aliphatic rings. The zero-order valence-corrected chi connectivity index (χ0v) is 18.9. The highest BCUT2D eigenvalue weighted by molar-refractivity contribution is 5.86. The molecule has 0 unspecified atom stereocenters. The van der Waals surface area contributed by atoms with Crippen molar-refractivity contribution < 1.29 is 22.7 Å². The molecular formula is C26H26F3N3O2. The number of carbonyl (C=O) groups is 1. The third-order valence-electron chi connectivity index (χ3n) is 5.87. The van der Waals surface area contributed by atoms with E-state index in [-0.39, 0.29) is 5.75 Å². The second-order valence-electron chi connectivity index (χ2n) is 8.37. The molecule has 1 amide bonds. The monoisotopic (exact) mass is 469 g/mol. The average molecular weight is 470 g/mol. The predicted molar refractivity (Wildman–Crippen MR) is 126 cm³/mol. The molecule has 1 aliphatic heterocycles. The van der Waals surface area contributed by atoms with E-state index >= 15 is 0 Å². The van der Waals surface area contributed by atoms with E-state index in [2.05, 4.69) is 15.2 Å². The first-order chi connectivity index (χ1) is 16.3. The molecule has 3 aromatic rings. The van der Waals surface area contributed by atoms with E-state index in [1.807, 2.05) is 13.0 Å². The molecule has 8 heteroatoms. The quantitative estimate of drug-likeness (QED) is 0.444. The predicted octanol–water partition coefficient (Wildman–Crippen LogP) is 7.07. The van der Waals surface area contributed by atoms with Gasteiger partial charge in [0.05, 0.1) is 17.4 Å². The van der Waals surface area contributed by atoms with Crippen molar-refractivity contribution in [1.82, 2.24) is 4.98 Å². The molecule has 1 saturated heterocycles. The number of nitrogens with zero attached hydrogens (tertiary/aromatic N) is 2. The van der Waals surface area contributed by atoms with Crippen molar-refractivity contribution in [3.63, 3.8) is 0 Å². The number of ether oxygens (including phenoxy) is 1. The summed E-state index contributed by atoms with van der Waals surface area (Å²) in [5.41, 5.74) is 1.93. The second kappa shape index (κ2) is 10.2. The molecule has 0 bridgehead atoms. The maximum Gasteiger partial charge on any atom is 0.417 e. The molecule has 2 heterocycles. The maximum absolute atomic E-state index is 12.8. The summed E-state index contributed by atoms with van der Waals surface area (Å²) in [5, 5.41) is 2.66. The number of aromatic nitrogens is 1. The summed E-state index contributed by atoms with van der Waals surface area (Å²) in [6.45, 7) is 3.81. The Bertz CT molecular complexity index is 1120. The van der Waals surface area contributed by atoms with Crippen LogP contribution < -0.4 is 15.0 Å². The lowest BCUT2D eigenvalue weighted by Gasteiger charge is -2.21. The fourth-order valence-corrected chi connectivity index (χ4v) is 4.01. The summed E-state index contributed by atoms with van der Waals surface area (Å²) < 4.78 is 44.0. The Hall–Kier alpha value is -3.55. The first kappa shape index (κ1) is 23.6. The van der Waals surface area contributed by atoms with Crippen molar-refractivity contribution in [2.75, 3.05) is 23.3 Å². The summed E-state index contributed by atoms with van der Waals surface area (Å²) in [7, 11) is 0. The minimum atomic E-state index is -4.39. The molecule has 1 aromatic heterocycles. The standard InChI is InChI=1S/C26H26F3N3O2/c1-18-6-12-22(16-23(18)19-7-9-20(10-8-19)26(27,28)29)34-25(33)31-21-11-13-24(30-17-21)32-14-4-2-3-5-15-32/h6-13,16-17H,2-5,14-15H2,1H3,(H,31,33).